The maximum absolute atomic E-state index is 5.29. The number of aromatic nitrogens is 5. The molecule has 0 atom stereocenters. The van der Waals surface area contributed by atoms with Crippen molar-refractivity contribution < 1.29 is 0 Å². The van der Waals surface area contributed by atoms with Crippen LogP contribution in [0.1, 0.15) is 22.3 Å². The second-order valence-electron chi connectivity index (χ2n) is 16.7. The molecule has 12 aromatic rings. The van der Waals surface area contributed by atoms with E-state index in [9.17, 15) is 0 Å². The predicted molar refractivity (Wildman–Crippen MR) is 256 cm³/mol. The summed E-state index contributed by atoms with van der Waals surface area (Å²) in [7, 11) is 0. The molecule has 63 heavy (non-hydrogen) atoms. The van der Waals surface area contributed by atoms with Crippen molar-refractivity contribution in [1.29, 1.82) is 0 Å². The van der Waals surface area contributed by atoms with Gasteiger partial charge >= 0.3 is 0 Å². The number of rotatable bonds is 4. The molecule has 0 radical (unpaired) electrons. The number of fused-ring (bicyclic) bond motifs is 17. The Morgan fingerprint density at radius 2 is 0.825 bits per heavy atom. The Kier molecular flexibility index (Phi) is 6.97. The van der Waals surface area contributed by atoms with Crippen molar-refractivity contribution in [3.63, 3.8) is 0 Å². The molecule has 0 aliphatic heterocycles. The highest BCUT2D eigenvalue weighted by Gasteiger charge is 2.51. The van der Waals surface area contributed by atoms with E-state index in [-0.39, 0.29) is 0 Å². The van der Waals surface area contributed by atoms with Crippen LogP contribution in [0.3, 0.4) is 0 Å². The standard InChI is InChI=1S/C58H35N5/c1-3-17-36(18-4-1)55-59-56(37-19-5-2-6-20-37)61-57(60-55)63-50-29-15-10-24-43(50)44-33-34-52-53(54(44)63)45-25-11-16-30-51(45)62(52)38-31-32-42-41-23-9-14-28-48(41)58(49(42)35-38)46-26-12-7-21-39(46)40-22-8-13-27-47(40)58/h1-35H. The summed E-state index contributed by atoms with van der Waals surface area (Å²) in [5.41, 5.74) is 17.4. The quantitative estimate of drug-likeness (QED) is 0.178. The van der Waals surface area contributed by atoms with Gasteiger partial charge in [0.25, 0.3) is 0 Å². The first-order valence-corrected chi connectivity index (χ1v) is 21.5. The zero-order valence-corrected chi connectivity index (χ0v) is 33.9. The van der Waals surface area contributed by atoms with Crippen LogP contribution in [-0.4, -0.2) is 24.1 Å². The van der Waals surface area contributed by atoms with Gasteiger partial charge in [0.2, 0.25) is 5.95 Å². The fourth-order valence-electron chi connectivity index (χ4n) is 11.1. The molecule has 0 saturated carbocycles. The van der Waals surface area contributed by atoms with Crippen LogP contribution < -0.4 is 0 Å². The highest BCUT2D eigenvalue weighted by molar-refractivity contribution is 6.26. The Hall–Kier alpha value is -8.41. The van der Waals surface area contributed by atoms with Gasteiger partial charge in [0, 0.05) is 38.4 Å². The van der Waals surface area contributed by atoms with Crippen molar-refractivity contribution in [3.05, 3.63) is 235 Å². The molecule has 0 amide bonds. The summed E-state index contributed by atoms with van der Waals surface area (Å²) in [5.74, 6) is 1.83. The van der Waals surface area contributed by atoms with Crippen LogP contribution in [0.4, 0.5) is 0 Å². The van der Waals surface area contributed by atoms with Crippen molar-refractivity contribution in [2.45, 2.75) is 5.41 Å². The van der Waals surface area contributed by atoms with Crippen LogP contribution in [-0.2, 0) is 5.41 Å². The van der Waals surface area contributed by atoms with E-state index in [2.05, 4.69) is 185 Å². The summed E-state index contributed by atoms with van der Waals surface area (Å²) in [6.07, 6.45) is 0. The maximum atomic E-state index is 5.29. The van der Waals surface area contributed by atoms with Crippen LogP contribution in [0.2, 0.25) is 0 Å². The Labute approximate surface area is 362 Å². The van der Waals surface area contributed by atoms with Crippen LogP contribution in [0.5, 0.6) is 0 Å². The van der Waals surface area contributed by atoms with Gasteiger partial charge in [-0.05, 0) is 74.8 Å². The van der Waals surface area contributed by atoms with Crippen molar-refractivity contribution >= 4 is 43.6 Å². The average Bonchev–Trinajstić information content (AvgIpc) is 4.06. The third-order valence-electron chi connectivity index (χ3n) is 13.6. The van der Waals surface area contributed by atoms with E-state index in [0.717, 1.165) is 60.4 Å². The predicted octanol–water partition coefficient (Wildman–Crippen LogP) is 13.7. The Balaban J connectivity index is 1.08. The van der Waals surface area contributed by atoms with Gasteiger partial charge in [-0.3, -0.25) is 4.57 Å². The normalized spacial score (nSPS) is 13.2. The maximum Gasteiger partial charge on any atom is 0.238 e. The molecule has 5 heteroatoms. The molecule has 5 nitrogen and oxygen atoms in total. The third kappa shape index (κ3) is 4.57. The largest absolute Gasteiger partial charge is 0.309 e. The van der Waals surface area contributed by atoms with Gasteiger partial charge in [-0.25, -0.2) is 4.98 Å². The molecule has 3 heterocycles. The molecule has 292 valence electrons. The molecule has 0 saturated heterocycles. The summed E-state index contributed by atoms with van der Waals surface area (Å²) in [4.78, 5) is 15.7. The molecule has 0 N–H and O–H groups in total. The van der Waals surface area contributed by atoms with Gasteiger partial charge in [0.1, 0.15) is 0 Å². The topological polar surface area (TPSA) is 48.5 Å². The molecule has 1 spiro atoms. The fraction of sp³-hybridized carbons (Fsp3) is 0.0172. The zero-order valence-electron chi connectivity index (χ0n) is 33.9. The first-order valence-electron chi connectivity index (χ1n) is 21.5. The molecule has 2 aliphatic rings. The molecule has 3 aromatic heterocycles. The molecular weight excluding hydrogens is 767 g/mol. The van der Waals surface area contributed by atoms with Gasteiger partial charge in [0.15, 0.2) is 11.6 Å². The van der Waals surface area contributed by atoms with Gasteiger partial charge in [-0.2, -0.15) is 9.97 Å². The van der Waals surface area contributed by atoms with Crippen LogP contribution in [0.25, 0.3) is 100 Å². The number of hydrogen-bond donors (Lipinski definition) is 0. The lowest BCUT2D eigenvalue weighted by atomic mass is 9.70. The van der Waals surface area contributed by atoms with Crippen LogP contribution >= 0.6 is 0 Å². The molecular formula is C58H35N5. The number of nitrogens with zero attached hydrogens (tertiary/aromatic N) is 5. The van der Waals surface area contributed by atoms with E-state index in [1.807, 2.05) is 36.4 Å². The summed E-state index contributed by atoms with van der Waals surface area (Å²) in [6.45, 7) is 0. The molecule has 0 fully saturated rings. The van der Waals surface area contributed by atoms with Crippen molar-refractivity contribution in [2.75, 3.05) is 0 Å². The van der Waals surface area contributed by atoms with E-state index in [1.165, 1.54) is 44.5 Å². The minimum atomic E-state index is -0.445. The molecule has 0 bridgehead atoms. The van der Waals surface area contributed by atoms with E-state index in [4.69, 9.17) is 15.0 Å². The lowest BCUT2D eigenvalue weighted by Crippen LogP contribution is -2.26. The second-order valence-corrected chi connectivity index (χ2v) is 16.7. The Bertz CT molecular complexity index is 3740. The highest BCUT2D eigenvalue weighted by Crippen LogP contribution is 2.63. The summed E-state index contributed by atoms with van der Waals surface area (Å²) < 4.78 is 4.74. The monoisotopic (exact) mass is 801 g/mol. The first-order chi connectivity index (χ1) is 31.3. The van der Waals surface area contributed by atoms with E-state index < -0.39 is 5.41 Å². The minimum absolute atomic E-state index is 0.445. The van der Waals surface area contributed by atoms with E-state index >= 15 is 0 Å². The smallest absolute Gasteiger partial charge is 0.238 e. The lowest BCUT2D eigenvalue weighted by Gasteiger charge is -2.30. The van der Waals surface area contributed by atoms with Crippen molar-refractivity contribution in [1.82, 2.24) is 24.1 Å². The van der Waals surface area contributed by atoms with Crippen molar-refractivity contribution in [3.8, 4) is 56.7 Å². The number of para-hydroxylation sites is 2. The minimum Gasteiger partial charge on any atom is -0.309 e. The van der Waals surface area contributed by atoms with Gasteiger partial charge < -0.3 is 4.57 Å². The average molecular weight is 802 g/mol. The number of benzene rings is 9. The zero-order chi connectivity index (χ0) is 41.2. The molecule has 0 unspecified atom stereocenters. The van der Waals surface area contributed by atoms with E-state index in [0.29, 0.717) is 17.6 Å². The summed E-state index contributed by atoms with van der Waals surface area (Å²) in [5, 5.41) is 4.60. The Morgan fingerprint density at radius 3 is 1.43 bits per heavy atom. The molecule has 14 rings (SSSR count). The fourth-order valence-corrected chi connectivity index (χ4v) is 11.1. The third-order valence-corrected chi connectivity index (χ3v) is 13.6. The molecule has 9 aromatic carbocycles. The first kappa shape index (κ1) is 34.3. The Morgan fingerprint density at radius 1 is 0.333 bits per heavy atom. The highest BCUT2D eigenvalue weighted by atomic mass is 15.2. The van der Waals surface area contributed by atoms with E-state index in [1.54, 1.807) is 0 Å². The lowest BCUT2D eigenvalue weighted by molar-refractivity contribution is 0.792. The van der Waals surface area contributed by atoms with Gasteiger partial charge in [-0.15, -0.1) is 0 Å². The summed E-state index contributed by atoms with van der Waals surface area (Å²) >= 11 is 0. The molecule has 2 aliphatic carbocycles. The van der Waals surface area contributed by atoms with Crippen LogP contribution in [0, 0.1) is 0 Å². The second kappa shape index (κ2) is 12.8. The van der Waals surface area contributed by atoms with Crippen LogP contribution in [0.15, 0.2) is 212 Å². The summed E-state index contributed by atoms with van der Waals surface area (Å²) in [6, 6.07) is 76.7. The van der Waals surface area contributed by atoms with Gasteiger partial charge in [-0.1, -0.05) is 182 Å². The van der Waals surface area contributed by atoms with Crippen molar-refractivity contribution in [2.24, 2.45) is 0 Å². The van der Waals surface area contributed by atoms with Gasteiger partial charge in [0.05, 0.1) is 27.5 Å². The SMILES string of the molecule is c1ccc(-c2nc(-c3ccccc3)nc(-n3c4ccccc4c4ccc5c(c6ccccc6n5-c5ccc6c(c5)C5(c7ccccc7-c7ccccc75)c5ccccc5-6)c43)n2)cc1. The number of hydrogen-bond acceptors (Lipinski definition) is 3.